The second-order valence-electron chi connectivity index (χ2n) is 4.67. The summed E-state index contributed by atoms with van der Waals surface area (Å²) in [5, 5.41) is 3.36. The van der Waals surface area contributed by atoms with Crippen LogP contribution in [0.3, 0.4) is 0 Å². The molecule has 4 heteroatoms. The lowest BCUT2D eigenvalue weighted by Gasteiger charge is -2.08. The molecule has 0 bridgehead atoms. The predicted octanol–water partition coefficient (Wildman–Crippen LogP) is 2.66. The summed E-state index contributed by atoms with van der Waals surface area (Å²) in [5.74, 6) is 0.714. The molecule has 0 aliphatic rings. The molecule has 4 nitrogen and oxygen atoms in total. The predicted molar refractivity (Wildman–Crippen MR) is 76.7 cm³/mol. The summed E-state index contributed by atoms with van der Waals surface area (Å²) in [6, 6.07) is 5.98. The molecule has 0 spiro atoms. The van der Waals surface area contributed by atoms with Gasteiger partial charge in [-0.3, -0.25) is 4.98 Å². The molecule has 0 fully saturated rings. The molecule has 2 aromatic rings. The minimum Gasteiger partial charge on any atom is -0.311 e. The van der Waals surface area contributed by atoms with E-state index >= 15 is 0 Å². The van der Waals surface area contributed by atoms with Gasteiger partial charge in [-0.1, -0.05) is 13.0 Å². The standard InChI is InChI=1S/C15H20N4/c1-4-7-16-10-13-9-12(3)18-15(19-13)14-11(2)6-5-8-17-14/h5-6,8-9,16H,4,7,10H2,1-3H3. The number of aromatic nitrogens is 3. The van der Waals surface area contributed by atoms with Crippen molar-refractivity contribution in [2.75, 3.05) is 6.54 Å². The van der Waals surface area contributed by atoms with Crippen molar-refractivity contribution in [1.82, 2.24) is 20.3 Å². The first-order valence-corrected chi connectivity index (χ1v) is 6.68. The van der Waals surface area contributed by atoms with Crippen LogP contribution in [0.15, 0.2) is 24.4 Å². The Kier molecular flexibility index (Phi) is 4.58. The molecule has 2 aromatic heterocycles. The van der Waals surface area contributed by atoms with E-state index in [4.69, 9.17) is 0 Å². The Hall–Kier alpha value is -1.81. The van der Waals surface area contributed by atoms with Crippen molar-refractivity contribution >= 4 is 0 Å². The fourth-order valence-corrected chi connectivity index (χ4v) is 1.94. The van der Waals surface area contributed by atoms with Gasteiger partial charge in [-0.25, -0.2) is 9.97 Å². The lowest BCUT2D eigenvalue weighted by molar-refractivity contribution is 0.662. The van der Waals surface area contributed by atoms with E-state index in [9.17, 15) is 0 Å². The third-order valence-electron chi connectivity index (χ3n) is 2.86. The first-order chi connectivity index (χ1) is 9.20. The van der Waals surface area contributed by atoms with Crippen molar-refractivity contribution in [3.8, 4) is 11.5 Å². The largest absolute Gasteiger partial charge is 0.311 e. The first-order valence-electron chi connectivity index (χ1n) is 6.68. The summed E-state index contributed by atoms with van der Waals surface area (Å²) in [6.45, 7) is 7.95. The van der Waals surface area contributed by atoms with Gasteiger partial charge in [-0.2, -0.15) is 0 Å². The van der Waals surface area contributed by atoms with Crippen molar-refractivity contribution in [1.29, 1.82) is 0 Å². The summed E-state index contributed by atoms with van der Waals surface area (Å²) in [4.78, 5) is 13.5. The Bertz CT molecular complexity index is 552. The third-order valence-corrected chi connectivity index (χ3v) is 2.86. The van der Waals surface area contributed by atoms with Gasteiger partial charge in [0, 0.05) is 18.4 Å². The smallest absolute Gasteiger partial charge is 0.178 e. The van der Waals surface area contributed by atoms with Crippen LogP contribution in [0, 0.1) is 13.8 Å². The maximum Gasteiger partial charge on any atom is 0.178 e. The molecule has 19 heavy (non-hydrogen) atoms. The first kappa shape index (κ1) is 13.6. The second-order valence-corrected chi connectivity index (χ2v) is 4.67. The van der Waals surface area contributed by atoms with Gasteiger partial charge in [0.15, 0.2) is 5.82 Å². The summed E-state index contributed by atoms with van der Waals surface area (Å²) < 4.78 is 0. The molecule has 1 N–H and O–H groups in total. The quantitative estimate of drug-likeness (QED) is 0.836. The zero-order valence-electron chi connectivity index (χ0n) is 11.8. The van der Waals surface area contributed by atoms with Crippen LogP contribution < -0.4 is 5.32 Å². The molecule has 0 aromatic carbocycles. The number of nitrogens with one attached hydrogen (secondary N) is 1. The monoisotopic (exact) mass is 256 g/mol. The topological polar surface area (TPSA) is 50.7 Å². The van der Waals surface area contributed by atoms with Gasteiger partial charge in [-0.15, -0.1) is 0 Å². The lowest BCUT2D eigenvalue weighted by Crippen LogP contribution is -2.15. The van der Waals surface area contributed by atoms with Crippen molar-refractivity contribution in [3.05, 3.63) is 41.3 Å². The number of nitrogens with zero attached hydrogens (tertiary/aromatic N) is 3. The number of rotatable bonds is 5. The molecule has 0 atom stereocenters. The number of hydrogen-bond donors (Lipinski definition) is 1. The van der Waals surface area contributed by atoms with E-state index in [1.54, 1.807) is 6.20 Å². The minimum atomic E-state index is 0.714. The van der Waals surface area contributed by atoms with E-state index in [2.05, 4.69) is 27.2 Å². The van der Waals surface area contributed by atoms with Crippen molar-refractivity contribution in [2.45, 2.75) is 33.7 Å². The van der Waals surface area contributed by atoms with Crippen LogP contribution in [0.2, 0.25) is 0 Å². The molecular formula is C15H20N4. The van der Waals surface area contributed by atoms with Gasteiger partial charge < -0.3 is 5.32 Å². The van der Waals surface area contributed by atoms with E-state index in [-0.39, 0.29) is 0 Å². The van der Waals surface area contributed by atoms with Crippen LogP contribution in [-0.2, 0) is 6.54 Å². The maximum absolute atomic E-state index is 4.60. The molecule has 0 unspecified atom stereocenters. The fraction of sp³-hybridized carbons (Fsp3) is 0.400. The maximum atomic E-state index is 4.60. The van der Waals surface area contributed by atoms with Gasteiger partial charge in [0.25, 0.3) is 0 Å². The zero-order chi connectivity index (χ0) is 13.7. The van der Waals surface area contributed by atoms with Crippen LogP contribution in [0.25, 0.3) is 11.5 Å². The lowest BCUT2D eigenvalue weighted by atomic mass is 10.2. The molecule has 0 saturated heterocycles. The normalized spacial score (nSPS) is 10.7. The molecule has 2 rings (SSSR count). The van der Waals surface area contributed by atoms with Crippen LogP contribution in [-0.4, -0.2) is 21.5 Å². The summed E-state index contributed by atoms with van der Waals surface area (Å²) in [6.07, 6.45) is 2.90. The molecule has 0 amide bonds. The summed E-state index contributed by atoms with van der Waals surface area (Å²) >= 11 is 0. The van der Waals surface area contributed by atoms with Crippen molar-refractivity contribution in [2.24, 2.45) is 0 Å². The van der Waals surface area contributed by atoms with E-state index in [0.717, 1.165) is 42.2 Å². The van der Waals surface area contributed by atoms with Crippen LogP contribution >= 0.6 is 0 Å². The molecule has 0 radical (unpaired) electrons. The summed E-state index contributed by atoms with van der Waals surface area (Å²) in [5.41, 5.74) is 3.95. The highest BCUT2D eigenvalue weighted by molar-refractivity contribution is 5.54. The Morgan fingerprint density at radius 1 is 1.21 bits per heavy atom. The van der Waals surface area contributed by atoms with E-state index in [1.807, 2.05) is 32.0 Å². The average Bonchev–Trinajstić information content (AvgIpc) is 2.39. The van der Waals surface area contributed by atoms with Crippen LogP contribution in [0.4, 0.5) is 0 Å². The van der Waals surface area contributed by atoms with Crippen molar-refractivity contribution in [3.63, 3.8) is 0 Å². The number of aryl methyl sites for hydroxylation is 2. The highest BCUT2D eigenvalue weighted by Crippen LogP contribution is 2.17. The number of pyridine rings is 1. The summed E-state index contributed by atoms with van der Waals surface area (Å²) in [7, 11) is 0. The average molecular weight is 256 g/mol. The van der Waals surface area contributed by atoms with Crippen LogP contribution in [0.1, 0.15) is 30.3 Å². The van der Waals surface area contributed by atoms with Gasteiger partial charge >= 0.3 is 0 Å². The highest BCUT2D eigenvalue weighted by Gasteiger charge is 2.08. The van der Waals surface area contributed by atoms with E-state index < -0.39 is 0 Å². The Labute approximate surface area is 114 Å². The second kappa shape index (κ2) is 6.38. The highest BCUT2D eigenvalue weighted by atomic mass is 15.0. The third kappa shape index (κ3) is 3.58. The molecule has 0 aliphatic carbocycles. The Morgan fingerprint density at radius 3 is 2.79 bits per heavy atom. The molecule has 0 saturated carbocycles. The Morgan fingerprint density at radius 2 is 2.05 bits per heavy atom. The molecule has 100 valence electrons. The van der Waals surface area contributed by atoms with E-state index in [1.165, 1.54) is 0 Å². The molecule has 2 heterocycles. The zero-order valence-corrected chi connectivity index (χ0v) is 11.8. The van der Waals surface area contributed by atoms with Gasteiger partial charge in [0.05, 0.1) is 5.69 Å². The number of hydrogen-bond acceptors (Lipinski definition) is 4. The molecule has 0 aliphatic heterocycles. The Balaban J connectivity index is 2.29. The van der Waals surface area contributed by atoms with Crippen molar-refractivity contribution < 1.29 is 0 Å². The molecular weight excluding hydrogens is 236 g/mol. The van der Waals surface area contributed by atoms with Crippen LogP contribution in [0.5, 0.6) is 0 Å². The SMILES string of the molecule is CCCNCc1cc(C)nc(-c2ncccc2C)n1. The van der Waals surface area contributed by atoms with Gasteiger partial charge in [0.2, 0.25) is 0 Å². The van der Waals surface area contributed by atoms with Gasteiger partial charge in [0.1, 0.15) is 5.69 Å². The minimum absolute atomic E-state index is 0.714. The fourth-order valence-electron chi connectivity index (χ4n) is 1.94. The van der Waals surface area contributed by atoms with Gasteiger partial charge in [-0.05, 0) is 44.5 Å². The van der Waals surface area contributed by atoms with E-state index in [0.29, 0.717) is 5.82 Å².